The van der Waals surface area contributed by atoms with E-state index in [1.807, 2.05) is 41.3 Å². The van der Waals surface area contributed by atoms with Crippen molar-refractivity contribution in [2.24, 2.45) is 0 Å². The summed E-state index contributed by atoms with van der Waals surface area (Å²) in [6.45, 7) is 7.45. The van der Waals surface area contributed by atoms with Crippen LogP contribution in [-0.2, 0) is 16.1 Å². The number of rotatable bonds is 4. The molecule has 2 aliphatic heterocycles. The van der Waals surface area contributed by atoms with Gasteiger partial charge in [-0.3, -0.25) is 9.59 Å². The third-order valence-corrected chi connectivity index (χ3v) is 5.82. The van der Waals surface area contributed by atoms with Crippen molar-refractivity contribution in [1.29, 1.82) is 0 Å². The highest BCUT2D eigenvalue weighted by Crippen LogP contribution is 2.19. The summed E-state index contributed by atoms with van der Waals surface area (Å²) >= 11 is 0. The molecule has 0 unspecified atom stereocenters. The maximum absolute atomic E-state index is 13.0. The molecule has 0 aromatic heterocycles. The fraction of sp³-hybridized carbons (Fsp3) is 0.417. The summed E-state index contributed by atoms with van der Waals surface area (Å²) in [6.07, 6.45) is 0.365. The van der Waals surface area contributed by atoms with E-state index < -0.39 is 0 Å². The number of anilines is 1. The maximum atomic E-state index is 13.0. The second kappa shape index (κ2) is 9.30. The van der Waals surface area contributed by atoms with Gasteiger partial charge in [0.2, 0.25) is 5.91 Å². The Balaban J connectivity index is 1.38. The Bertz CT molecular complexity index is 891. The fourth-order valence-electron chi connectivity index (χ4n) is 4.09. The summed E-state index contributed by atoms with van der Waals surface area (Å²) in [5.74, 6) is 0.100. The lowest BCUT2D eigenvalue weighted by molar-refractivity contribution is -0.130. The Hall–Kier alpha value is -2.86. The van der Waals surface area contributed by atoms with Crippen molar-refractivity contribution in [2.45, 2.75) is 19.9 Å². The van der Waals surface area contributed by atoms with Gasteiger partial charge in [0.25, 0.3) is 5.91 Å². The Kier molecular flexibility index (Phi) is 6.33. The molecule has 0 bridgehead atoms. The summed E-state index contributed by atoms with van der Waals surface area (Å²) in [6, 6.07) is 16.0. The minimum absolute atomic E-state index is 0.00580. The molecule has 2 saturated heterocycles. The highest BCUT2D eigenvalue weighted by atomic mass is 16.5. The number of carbonyl (C=O) groups excluding carboxylic acids is 2. The first-order chi connectivity index (χ1) is 14.6. The van der Waals surface area contributed by atoms with Crippen LogP contribution >= 0.6 is 0 Å². The van der Waals surface area contributed by atoms with E-state index in [-0.39, 0.29) is 11.8 Å². The molecule has 0 saturated carbocycles. The van der Waals surface area contributed by atoms with Gasteiger partial charge < -0.3 is 19.4 Å². The molecular formula is C24H29N3O3. The van der Waals surface area contributed by atoms with Crippen molar-refractivity contribution in [3.8, 4) is 0 Å². The van der Waals surface area contributed by atoms with Crippen LogP contribution in [0.3, 0.4) is 0 Å². The number of morpholine rings is 1. The molecule has 2 aromatic carbocycles. The number of aryl methyl sites for hydroxylation is 1. The molecule has 158 valence electrons. The molecule has 2 aliphatic rings. The SMILES string of the molecule is Cc1cccc(CN2CCN(C(=O)c3ccc(N4CCOCC4)cc3)CCC2=O)c1. The minimum atomic E-state index is -0.00580. The van der Waals surface area contributed by atoms with Crippen molar-refractivity contribution >= 4 is 17.5 Å². The zero-order chi connectivity index (χ0) is 20.9. The smallest absolute Gasteiger partial charge is 0.253 e. The zero-order valence-corrected chi connectivity index (χ0v) is 17.5. The van der Waals surface area contributed by atoms with E-state index in [0.717, 1.165) is 37.6 Å². The third kappa shape index (κ3) is 4.82. The van der Waals surface area contributed by atoms with Crippen LogP contribution in [0, 0.1) is 6.92 Å². The molecular weight excluding hydrogens is 378 g/mol. The molecule has 0 atom stereocenters. The lowest BCUT2D eigenvalue weighted by atomic mass is 10.1. The number of carbonyl (C=O) groups is 2. The Morgan fingerprint density at radius 1 is 0.967 bits per heavy atom. The molecule has 2 amide bonds. The van der Waals surface area contributed by atoms with E-state index in [2.05, 4.69) is 24.0 Å². The number of benzene rings is 2. The molecule has 2 heterocycles. The van der Waals surface area contributed by atoms with Crippen LogP contribution in [0.4, 0.5) is 5.69 Å². The third-order valence-electron chi connectivity index (χ3n) is 5.82. The molecule has 0 spiro atoms. The highest BCUT2D eigenvalue weighted by Gasteiger charge is 2.25. The topological polar surface area (TPSA) is 53.1 Å². The number of ether oxygens (including phenoxy) is 1. The number of nitrogens with zero attached hydrogens (tertiary/aromatic N) is 3. The van der Waals surface area contributed by atoms with Crippen LogP contribution < -0.4 is 4.90 Å². The standard InChI is InChI=1S/C24H29N3O3/c1-19-3-2-4-20(17-19)18-27-12-11-26(10-9-23(27)28)24(29)21-5-7-22(8-6-21)25-13-15-30-16-14-25/h2-8,17H,9-16,18H2,1H3. The van der Waals surface area contributed by atoms with Gasteiger partial charge >= 0.3 is 0 Å². The van der Waals surface area contributed by atoms with E-state index in [4.69, 9.17) is 4.74 Å². The van der Waals surface area contributed by atoms with Gasteiger partial charge in [-0.1, -0.05) is 29.8 Å². The van der Waals surface area contributed by atoms with E-state index in [9.17, 15) is 9.59 Å². The molecule has 6 nitrogen and oxygen atoms in total. The molecule has 30 heavy (non-hydrogen) atoms. The van der Waals surface area contributed by atoms with Crippen molar-refractivity contribution in [3.63, 3.8) is 0 Å². The minimum Gasteiger partial charge on any atom is -0.378 e. The lowest BCUT2D eigenvalue weighted by Gasteiger charge is -2.29. The van der Waals surface area contributed by atoms with Crippen LogP contribution in [0.1, 0.15) is 27.9 Å². The van der Waals surface area contributed by atoms with Crippen molar-refractivity contribution in [1.82, 2.24) is 9.80 Å². The predicted octanol–water partition coefficient (Wildman–Crippen LogP) is 2.71. The van der Waals surface area contributed by atoms with E-state index in [1.165, 1.54) is 5.56 Å². The molecule has 0 aliphatic carbocycles. The van der Waals surface area contributed by atoms with Crippen LogP contribution in [-0.4, -0.2) is 67.6 Å². The Morgan fingerprint density at radius 2 is 1.73 bits per heavy atom. The molecule has 6 heteroatoms. The highest BCUT2D eigenvalue weighted by molar-refractivity contribution is 5.95. The zero-order valence-electron chi connectivity index (χ0n) is 17.5. The number of amides is 2. The van der Waals surface area contributed by atoms with E-state index in [1.54, 1.807) is 4.90 Å². The Labute approximate surface area is 178 Å². The Morgan fingerprint density at radius 3 is 2.47 bits per heavy atom. The van der Waals surface area contributed by atoms with Crippen molar-refractivity contribution in [2.75, 3.05) is 50.8 Å². The quantitative estimate of drug-likeness (QED) is 0.782. The number of hydrogen-bond acceptors (Lipinski definition) is 4. The summed E-state index contributed by atoms with van der Waals surface area (Å²) in [5.41, 5.74) is 4.10. The predicted molar refractivity (Wildman–Crippen MR) is 117 cm³/mol. The summed E-state index contributed by atoms with van der Waals surface area (Å²) in [5, 5.41) is 0. The van der Waals surface area contributed by atoms with Gasteiger partial charge in [-0.15, -0.1) is 0 Å². The molecule has 0 radical (unpaired) electrons. The monoisotopic (exact) mass is 407 g/mol. The van der Waals surface area contributed by atoms with E-state index in [0.29, 0.717) is 38.2 Å². The lowest BCUT2D eigenvalue weighted by Crippen LogP contribution is -2.36. The van der Waals surface area contributed by atoms with E-state index >= 15 is 0 Å². The first-order valence-electron chi connectivity index (χ1n) is 10.7. The van der Waals surface area contributed by atoms with Gasteiger partial charge in [0, 0.05) is 56.9 Å². The number of hydrogen-bond donors (Lipinski definition) is 0. The van der Waals surface area contributed by atoms with Gasteiger partial charge in [0.05, 0.1) is 13.2 Å². The second-order valence-electron chi connectivity index (χ2n) is 7.99. The molecule has 0 N–H and O–H groups in total. The summed E-state index contributed by atoms with van der Waals surface area (Å²) in [7, 11) is 0. The largest absolute Gasteiger partial charge is 0.378 e. The fourth-order valence-corrected chi connectivity index (χ4v) is 4.09. The molecule has 4 rings (SSSR count). The van der Waals surface area contributed by atoms with Crippen molar-refractivity contribution in [3.05, 3.63) is 65.2 Å². The molecule has 2 aromatic rings. The van der Waals surface area contributed by atoms with Gasteiger partial charge in [0.15, 0.2) is 0 Å². The second-order valence-corrected chi connectivity index (χ2v) is 7.99. The van der Waals surface area contributed by atoms with Gasteiger partial charge in [-0.05, 0) is 36.8 Å². The van der Waals surface area contributed by atoms with Gasteiger partial charge in [-0.25, -0.2) is 0 Å². The first kappa shape index (κ1) is 20.4. The van der Waals surface area contributed by atoms with Crippen LogP contribution in [0.25, 0.3) is 0 Å². The van der Waals surface area contributed by atoms with Crippen LogP contribution in [0.15, 0.2) is 48.5 Å². The normalized spacial score (nSPS) is 17.8. The maximum Gasteiger partial charge on any atom is 0.253 e. The summed E-state index contributed by atoms with van der Waals surface area (Å²) in [4.78, 5) is 31.6. The average molecular weight is 408 g/mol. The van der Waals surface area contributed by atoms with Crippen molar-refractivity contribution < 1.29 is 14.3 Å². The first-order valence-corrected chi connectivity index (χ1v) is 10.7. The van der Waals surface area contributed by atoms with Gasteiger partial charge in [0.1, 0.15) is 0 Å². The average Bonchev–Trinajstić information content (AvgIpc) is 2.96. The summed E-state index contributed by atoms with van der Waals surface area (Å²) < 4.78 is 5.40. The van der Waals surface area contributed by atoms with Crippen LogP contribution in [0.5, 0.6) is 0 Å². The molecule has 2 fully saturated rings. The van der Waals surface area contributed by atoms with Crippen LogP contribution in [0.2, 0.25) is 0 Å². The van der Waals surface area contributed by atoms with Gasteiger partial charge in [-0.2, -0.15) is 0 Å².